The summed E-state index contributed by atoms with van der Waals surface area (Å²) in [7, 11) is 0. The summed E-state index contributed by atoms with van der Waals surface area (Å²) in [5.41, 5.74) is 3.33. The van der Waals surface area contributed by atoms with Gasteiger partial charge in [0, 0.05) is 0 Å². The molecule has 0 saturated heterocycles. The molecule has 0 heteroatoms. The van der Waals surface area contributed by atoms with Crippen molar-refractivity contribution in [1.29, 1.82) is 0 Å². The summed E-state index contributed by atoms with van der Waals surface area (Å²) in [5, 5.41) is 0. The molecular weight excluding hydrogens is 132 g/mol. The number of hydrogen-bond acceptors (Lipinski definition) is 0. The molecule has 11 heavy (non-hydrogen) atoms. The van der Waals surface area contributed by atoms with Gasteiger partial charge in [0.15, 0.2) is 0 Å². The van der Waals surface area contributed by atoms with E-state index < -0.39 is 0 Å². The lowest BCUT2D eigenvalue weighted by molar-refractivity contribution is 0.735. The van der Waals surface area contributed by atoms with E-state index in [1.54, 1.807) is 11.1 Å². The van der Waals surface area contributed by atoms with E-state index in [1.165, 1.54) is 19.3 Å². The SMILES string of the molecule is CC(C)C1=CC=C(C2CC2)C1. The van der Waals surface area contributed by atoms with Gasteiger partial charge in [-0.05, 0) is 31.1 Å². The van der Waals surface area contributed by atoms with Crippen LogP contribution in [0, 0.1) is 11.8 Å². The van der Waals surface area contributed by atoms with Gasteiger partial charge in [-0.2, -0.15) is 0 Å². The number of rotatable bonds is 2. The Morgan fingerprint density at radius 1 is 1.27 bits per heavy atom. The van der Waals surface area contributed by atoms with Crippen LogP contribution in [0.1, 0.15) is 33.1 Å². The minimum Gasteiger partial charge on any atom is -0.0636 e. The van der Waals surface area contributed by atoms with Gasteiger partial charge in [0.1, 0.15) is 0 Å². The fraction of sp³-hybridized carbons (Fsp3) is 0.636. The van der Waals surface area contributed by atoms with Crippen molar-refractivity contribution in [3.05, 3.63) is 23.3 Å². The van der Waals surface area contributed by atoms with E-state index in [1.807, 2.05) is 0 Å². The summed E-state index contributed by atoms with van der Waals surface area (Å²) in [5.74, 6) is 1.73. The zero-order valence-electron chi connectivity index (χ0n) is 7.43. The summed E-state index contributed by atoms with van der Waals surface area (Å²) in [4.78, 5) is 0. The van der Waals surface area contributed by atoms with Crippen molar-refractivity contribution in [3.63, 3.8) is 0 Å². The Morgan fingerprint density at radius 2 is 2.00 bits per heavy atom. The quantitative estimate of drug-likeness (QED) is 0.563. The normalized spacial score (nSPS) is 23.9. The van der Waals surface area contributed by atoms with E-state index in [9.17, 15) is 0 Å². The van der Waals surface area contributed by atoms with Crippen LogP contribution in [0.25, 0.3) is 0 Å². The Labute approximate surface area is 69.0 Å². The van der Waals surface area contributed by atoms with E-state index >= 15 is 0 Å². The third kappa shape index (κ3) is 1.40. The molecule has 2 aliphatic rings. The fourth-order valence-electron chi connectivity index (χ4n) is 1.70. The van der Waals surface area contributed by atoms with Crippen LogP contribution >= 0.6 is 0 Å². The molecule has 0 unspecified atom stereocenters. The predicted octanol–water partition coefficient (Wildman–Crippen LogP) is 3.31. The topological polar surface area (TPSA) is 0 Å². The first kappa shape index (κ1) is 7.15. The van der Waals surface area contributed by atoms with Crippen LogP contribution in [-0.4, -0.2) is 0 Å². The first-order valence-electron chi connectivity index (χ1n) is 4.67. The second-order valence-corrected chi connectivity index (χ2v) is 4.09. The van der Waals surface area contributed by atoms with Crippen LogP contribution in [0.15, 0.2) is 23.3 Å². The Bertz CT molecular complexity index is 198. The average Bonchev–Trinajstić information content (AvgIpc) is 2.68. The van der Waals surface area contributed by atoms with E-state index in [0.717, 1.165) is 11.8 Å². The molecule has 0 spiro atoms. The molecule has 0 nitrogen and oxygen atoms in total. The summed E-state index contributed by atoms with van der Waals surface area (Å²) in [6.07, 6.45) is 8.86. The van der Waals surface area contributed by atoms with Crippen molar-refractivity contribution < 1.29 is 0 Å². The van der Waals surface area contributed by atoms with Crippen LogP contribution in [0.5, 0.6) is 0 Å². The lowest BCUT2D eigenvalue weighted by Gasteiger charge is -2.06. The molecule has 1 fully saturated rings. The zero-order chi connectivity index (χ0) is 7.84. The Balaban J connectivity index is 1.96. The van der Waals surface area contributed by atoms with E-state index in [2.05, 4.69) is 26.0 Å². The molecule has 1 saturated carbocycles. The largest absolute Gasteiger partial charge is 0.0636 e. The highest BCUT2D eigenvalue weighted by Crippen LogP contribution is 2.42. The second-order valence-electron chi connectivity index (χ2n) is 4.09. The zero-order valence-corrected chi connectivity index (χ0v) is 7.43. The molecule has 0 N–H and O–H groups in total. The maximum atomic E-state index is 2.35. The molecule has 0 radical (unpaired) electrons. The van der Waals surface area contributed by atoms with Crippen LogP contribution in [0.3, 0.4) is 0 Å². The summed E-state index contributed by atoms with van der Waals surface area (Å²) < 4.78 is 0. The van der Waals surface area contributed by atoms with Gasteiger partial charge < -0.3 is 0 Å². The van der Waals surface area contributed by atoms with Crippen LogP contribution < -0.4 is 0 Å². The fourth-order valence-corrected chi connectivity index (χ4v) is 1.70. The molecule has 0 aliphatic heterocycles. The van der Waals surface area contributed by atoms with Crippen molar-refractivity contribution in [2.24, 2.45) is 11.8 Å². The molecule has 0 aromatic heterocycles. The minimum absolute atomic E-state index is 0.752. The van der Waals surface area contributed by atoms with Gasteiger partial charge in [0.05, 0.1) is 0 Å². The van der Waals surface area contributed by atoms with Gasteiger partial charge in [-0.1, -0.05) is 37.1 Å². The molecule has 0 atom stereocenters. The van der Waals surface area contributed by atoms with Crippen molar-refractivity contribution in [2.45, 2.75) is 33.1 Å². The van der Waals surface area contributed by atoms with Gasteiger partial charge in [-0.15, -0.1) is 0 Å². The molecule has 0 heterocycles. The van der Waals surface area contributed by atoms with Gasteiger partial charge in [0.25, 0.3) is 0 Å². The monoisotopic (exact) mass is 148 g/mol. The highest BCUT2D eigenvalue weighted by Gasteiger charge is 2.27. The molecule has 0 aromatic carbocycles. The molecule has 0 bridgehead atoms. The molecule has 2 aliphatic carbocycles. The van der Waals surface area contributed by atoms with Crippen LogP contribution in [-0.2, 0) is 0 Å². The first-order valence-corrected chi connectivity index (χ1v) is 4.67. The summed E-state index contributed by atoms with van der Waals surface area (Å²) >= 11 is 0. The first-order chi connectivity index (χ1) is 5.27. The molecule has 2 rings (SSSR count). The third-order valence-corrected chi connectivity index (χ3v) is 2.76. The van der Waals surface area contributed by atoms with E-state index in [0.29, 0.717) is 0 Å². The highest BCUT2D eigenvalue weighted by atomic mass is 14.3. The van der Waals surface area contributed by atoms with E-state index in [-0.39, 0.29) is 0 Å². The Kier molecular flexibility index (Phi) is 1.63. The Morgan fingerprint density at radius 3 is 2.45 bits per heavy atom. The third-order valence-electron chi connectivity index (χ3n) is 2.76. The molecular formula is C11H16. The number of allylic oxidation sites excluding steroid dienone is 4. The predicted molar refractivity (Wildman–Crippen MR) is 48.3 cm³/mol. The van der Waals surface area contributed by atoms with Crippen molar-refractivity contribution in [3.8, 4) is 0 Å². The second kappa shape index (κ2) is 2.51. The summed E-state index contributed by atoms with van der Waals surface area (Å²) in [6, 6.07) is 0. The van der Waals surface area contributed by atoms with Crippen LogP contribution in [0.2, 0.25) is 0 Å². The summed E-state index contributed by atoms with van der Waals surface area (Å²) in [6.45, 7) is 4.57. The minimum atomic E-state index is 0.752. The maximum absolute atomic E-state index is 2.35. The van der Waals surface area contributed by atoms with Crippen molar-refractivity contribution >= 4 is 0 Å². The molecule has 0 aromatic rings. The van der Waals surface area contributed by atoms with Gasteiger partial charge >= 0.3 is 0 Å². The molecule has 0 amide bonds. The van der Waals surface area contributed by atoms with Gasteiger partial charge in [0.2, 0.25) is 0 Å². The van der Waals surface area contributed by atoms with Gasteiger partial charge in [-0.3, -0.25) is 0 Å². The van der Waals surface area contributed by atoms with Crippen LogP contribution in [0.4, 0.5) is 0 Å². The van der Waals surface area contributed by atoms with Gasteiger partial charge in [-0.25, -0.2) is 0 Å². The van der Waals surface area contributed by atoms with Crippen molar-refractivity contribution in [1.82, 2.24) is 0 Å². The van der Waals surface area contributed by atoms with Crippen molar-refractivity contribution in [2.75, 3.05) is 0 Å². The Hall–Kier alpha value is -0.520. The number of hydrogen-bond donors (Lipinski definition) is 0. The average molecular weight is 148 g/mol. The smallest absolute Gasteiger partial charge is 0.00969 e. The van der Waals surface area contributed by atoms with E-state index in [4.69, 9.17) is 0 Å². The standard InChI is InChI=1S/C11H16/c1-8(2)10-5-6-11(7-10)9-3-4-9/h5-6,8-9H,3-4,7H2,1-2H3. The molecule has 60 valence electrons. The highest BCUT2D eigenvalue weighted by molar-refractivity contribution is 5.34. The lowest BCUT2D eigenvalue weighted by Crippen LogP contribution is -1.92. The maximum Gasteiger partial charge on any atom is -0.00969 e. The lowest BCUT2D eigenvalue weighted by atomic mass is 9.99.